The van der Waals surface area contributed by atoms with E-state index in [-0.39, 0.29) is 5.91 Å². The Hall–Kier alpha value is -2.70. The van der Waals surface area contributed by atoms with E-state index in [0.29, 0.717) is 13.0 Å². The van der Waals surface area contributed by atoms with Crippen molar-refractivity contribution in [3.05, 3.63) is 83.7 Å². The van der Waals surface area contributed by atoms with Crippen molar-refractivity contribution in [2.75, 3.05) is 10.7 Å². The summed E-state index contributed by atoms with van der Waals surface area (Å²) >= 11 is 3.27. The van der Waals surface area contributed by atoms with E-state index >= 15 is 0 Å². The van der Waals surface area contributed by atoms with Crippen LogP contribution in [0.1, 0.15) is 23.1 Å². The predicted octanol–water partition coefficient (Wildman–Crippen LogP) is 6.02. The summed E-state index contributed by atoms with van der Waals surface area (Å²) in [6, 6.07) is 18.4. The Balaban J connectivity index is 1.53. The third-order valence-electron chi connectivity index (χ3n) is 4.81. The van der Waals surface area contributed by atoms with Crippen molar-refractivity contribution in [2.24, 2.45) is 0 Å². The number of carbonyl (C=O) groups excluding carboxylic acids is 1. The molecule has 152 valence electrons. The van der Waals surface area contributed by atoms with Gasteiger partial charge in [0.25, 0.3) is 0 Å². The number of para-hydroxylation sites is 1. The summed E-state index contributed by atoms with van der Waals surface area (Å²) in [5, 5.41) is 0.744. The maximum absolute atomic E-state index is 13.2. The molecule has 0 spiro atoms. The second-order valence-electron chi connectivity index (χ2n) is 7.17. The maximum atomic E-state index is 13.2. The fourth-order valence-electron chi connectivity index (χ4n) is 3.15. The number of aromatic nitrogens is 2. The van der Waals surface area contributed by atoms with E-state index in [4.69, 9.17) is 4.98 Å². The molecule has 30 heavy (non-hydrogen) atoms. The van der Waals surface area contributed by atoms with Gasteiger partial charge in [-0.05, 0) is 49.2 Å². The summed E-state index contributed by atoms with van der Waals surface area (Å²) in [5.41, 5.74) is 4.33. The molecule has 0 aliphatic carbocycles. The molecule has 0 N–H and O–H groups in total. The molecule has 0 unspecified atom stereocenters. The van der Waals surface area contributed by atoms with E-state index < -0.39 is 0 Å². The lowest BCUT2D eigenvalue weighted by atomic mass is 10.2. The first kappa shape index (κ1) is 20.6. The van der Waals surface area contributed by atoms with E-state index in [1.54, 1.807) is 40.4 Å². The Bertz CT molecular complexity index is 1140. The molecule has 6 heteroatoms. The second-order valence-corrected chi connectivity index (χ2v) is 9.35. The van der Waals surface area contributed by atoms with Crippen LogP contribution in [0, 0.1) is 13.8 Å². The molecule has 0 saturated carbocycles. The van der Waals surface area contributed by atoms with Crippen LogP contribution >= 0.6 is 23.1 Å². The first-order valence-corrected chi connectivity index (χ1v) is 11.7. The summed E-state index contributed by atoms with van der Waals surface area (Å²) in [4.78, 5) is 25.2. The zero-order valence-corrected chi connectivity index (χ0v) is 18.7. The van der Waals surface area contributed by atoms with Crippen molar-refractivity contribution < 1.29 is 4.79 Å². The van der Waals surface area contributed by atoms with Crippen LogP contribution in [0.3, 0.4) is 0 Å². The Morgan fingerprint density at radius 2 is 1.90 bits per heavy atom. The number of fused-ring (bicyclic) bond motifs is 1. The number of aryl methyl sites for hydroxylation is 2. The third-order valence-corrected chi connectivity index (χ3v) is 6.87. The van der Waals surface area contributed by atoms with Gasteiger partial charge >= 0.3 is 0 Å². The largest absolute Gasteiger partial charge is 0.284 e. The lowest BCUT2D eigenvalue weighted by Crippen LogP contribution is -2.30. The molecular formula is C24H23N3OS2. The molecule has 2 aromatic carbocycles. The lowest BCUT2D eigenvalue weighted by molar-refractivity contribution is -0.118. The first-order valence-electron chi connectivity index (χ1n) is 9.85. The molecule has 0 radical (unpaired) electrons. The number of amides is 1. The molecule has 0 fully saturated rings. The highest BCUT2D eigenvalue weighted by Crippen LogP contribution is 2.32. The van der Waals surface area contributed by atoms with E-state index in [1.807, 2.05) is 18.2 Å². The topological polar surface area (TPSA) is 46.1 Å². The van der Waals surface area contributed by atoms with Gasteiger partial charge in [0, 0.05) is 29.5 Å². The Morgan fingerprint density at radius 3 is 2.63 bits per heavy atom. The zero-order valence-electron chi connectivity index (χ0n) is 17.0. The van der Waals surface area contributed by atoms with Crippen LogP contribution in [0.4, 0.5) is 5.13 Å². The van der Waals surface area contributed by atoms with Crippen molar-refractivity contribution in [1.29, 1.82) is 0 Å². The lowest BCUT2D eigenvalue weighted by Gasteiger charge is -2.20. The number of rotatable bonds is 7. The van der Waals surface area contributed by atoms with Crippen LogP contribution in [0.2, 0.25) is 0 Å². The number of benzene rings is 2. The van der Waals surface area contributed by atoms with Gasteiger partial charge in [-0.2, -0.15) is 0 Å². The van der Waals surface area contributed by atoms with Crippen molar-refractivity contribution >= 4 is 44.4 Å². The van der Waals surface area contributed by atoms with E-state index in [0.717, 1.165) is 32.2 Å². The molecule has 0 aliphatic rings. The number of carbonyl (C=O) groups is 1. The number of nitrogens with zero attached hydrogens (tertiary/aromatic N) is 3. The van der Waals surface area contributed by atoms with Gasteiger partial charge in [0.2, 0.25) is 5.91 Å². The van der Waals surface area contributed by atoms with Gasteiger partial charge in [-0.15, -0.1) is 11.8 Å². The highest BCUT2D eigenvalue weighted by atomic mass is 32.2. The van der Waals surface area contributed by atoms with Crippen molar-refractivity contribution in [1.82, 2.24) is 9.97 Å². The molecule has 0 bridgehead atoms. The highest BCUT2D eigenvalue weighted by Gasteiger charge is 2.20. The van der Waals surface area contributed by atoms with Crippen LogP contribution in [-0.2, 0) is 11.3 Å². The minimum absolute atomic E-state index is 0.0789. The monoisotopic (exact) mass is 433 g/mol. The standard InChI is InChI=1S/C24H23N3OS2/c1-17-8-10-20(11-9-17)29-14-12-22(28)27(16-19-6-4-13-25-15-19)24-26-23-18(2)5-3-7-21(23)30-24/h3-11,13,15H,12,14,16H2,1-2H3. The molecule has 4 aromatic rings. The minimum atomic E-state index is 0.0789. The molecule has 1 amide bonds. The normalized spacial score (nSPS) is 11.0. The maximum Gasteiger partial charge on any atom is 0.229 e. The molecule has 0 aliphatic heterocycles. The van der Waals surface area contributed by atoms with Gasteiger partial charge in [0.1, 0.15) is 0 Å². The zero-order chi connectivity index (χ0) is 20.9. The number of hydrogen-bond acceptors (Lipinski definition) is 5. The van der Waals surface area contributed by atoms with E-state index in [9.17, 15) is 4.79 Å². The van der Waals surface area contributed by atoms with Gasteiger partial charge in [-0.1, -0.05) is 47.2 Å². The number of thioether (sulfide) groups is 1. The van der Waals surface area contributed by atoms with Gasteiger partial charge in [-0.3, -0.25) is 14.7 Å². The molecule has 0 atom stereocenters. The summed E-state index contributed by atoms with van der Waals surface area (Å²) in [6.07, 6.45) is 4.00. The Morgan fingerprint density at radius 1 is 1.07 bits per heavy atom. The summed E-state index contributed by atoms with van der Waals surface area (Å²) in [6.45, 7) is 4.60. The summed E-state index contributed by atoms with van der Waals surface area (Å²) in [5.74, 6) is 0.810. The number of thiazole rings is 1. The highest BCUT2D eigenvalue weighted by molar-refractivity contribution is 7.99. The molecule has 2 heterocycles. The van der Waals surface area contributed by atoms with Gasteiger partial charge in [0.05, 0.1) is 16.8 Å². The third kappa shape index (κ3) is 4.89. The number of pyridine rings is 1. The molecule has 2 aromatic heterocycles. The van der Waals surface area contributed by atoms with Gasteiger partial charge in [0.15, 0.2) is 5.13 Å². The van der Waals surface area contributed by atoms with Gasteiger partial charge in [-0.25, -0.2) is 4.98 Å². The predicted molar refractivity (Wildman–Crippen MR) is 126 cm³/mol. The van der Waals surface area contributed by atoms with Crippen molar-refractivity contribution in [2.45, 2.75) is 31.7 Å². The van der Waals surface area contributed by atoms with E-state index in [2.05, 4.69) is 55.2 Å². The fraction of sp³-hybridized carbons (Fsp3) is 0.208. The van der Waals surface area contributed by atoms with Crippen LogP contribution in [0.5, 0.6) is 0 Å². The van der Waals surface area contributed by atoms with E-state index in [1.165, 1.54) is 10.5 Å². The summed E-state index contributed by atoms with van der Waals surface area (Å²) in [7, 11) is 0. The second kappa shape index (κ2) is 9.41. The Labute approximate surface area is 185 Å². The number of anilines is 1. The average molecular weight is 434 g/mol. The number of hydrogen-bond donors (Lipinski definition) is 0. The molecule has 4 rings (SSSR count). The Kier molecular flexibility index (Phi) is 6.45. The quantitative estimate of drug-likeness (QED) is 0.334. The van der Waals surface area contributed by atoms with Crippen molar-refractivity contribution in [3.63, 3.8) is 0 Å². The van der Waals surface area contributed by atoms with Crippen LogP contribution in [-0.4, -0.2) is 21.6 Å². The summed E-state index contributed by atoms with van der Waals surface area (Å²) < 4.78 is 1.10. The molecule has 4 nitrogen and oxygen atoms in total. The molecule has 0 saturated heterocycles. The first-order chi connectivity index (χ1) is 14.6. The van der Waals surface area contributed by atoms with Crippen LogP contribution < -0.4 is 4.90 Å². The smallest absolute Gasteiger partial charge is 0.229 e. The fourth-order valence-corrected chi connectivity index (χ4v) is 5.05. The minimum Gasteiger partial charge on any atom is -0.284 e. The van der Waals surface area contributed by atoms with Crippen LogP contribution in [0.15, 0.2) is 71.9 Å². The average Bonchev–Trinajstić information content (AvgIpc) is 3.19. The van der Waals surface area contributed by atoms with Crippen LogP contribution in [0.25, 0.3) is 10.2 Å². The van der Waals surface area contributed by atoms with Gasteiger partial charge < -0.3 is 0 Å². The SMILES string of the molecule is Cc1ccc(SCCC(=O)N(Cc2cccnc2)c2nc3c(C)cccc3s2)cc1. The van der Waals surface area contributed by atoms with Crippen molar-refractivity contribution in [3.8, 4) is 0 Å². The molecular weight excluding hydrogens is 410 g/mol.